The zero-order chi connectivity index (χ0) is 14.8. The van der Waals surface area contributed by atoms with Crippen molar-refractivity contribution in [2.24, 2.45) is 0 Å². The normalized spacial score (nSPS) is 22.4. The minimum atomic E-state index is -0.804. The van der Waals surface area contributed by atoms with Gasteiger partial charge < -0.3 is 9.84 Å². The van der Waals surface area contributed by atoms with Gasteiger partial charge in [0.15, 0.2) is 0 Å². The van der Waals surface area contributed by atoms with E-state index >= 15 is 0 Å². The summed E-state index contributed by atoms with van der Waals surface area (Å²) in [7, 11) is 1.52. The molecule has 1 heterocycles. The molecule has 0 bridgehead atoms. The van der Waals surface area contributed by atoms with E-state index in [9.17, 15) is 9.90 Å². The molecule has 2 rings (SSSR count). The average molecular weight is 274 g/mol. The molecular formula is C15H18N2O3. The molecule has 1 aromatic carbocycles. The Balaban J connectivity index is 2.22. The number of nitriles is 1. The van der Waals surface area contributed by atoms with Crippen LogP contribution in [0.5, 0.6) is 5.75 Å². The number of carboxylic acids is 1. The van der Waals surface area contributed by atoms with E-state index in [1.807, 2.05) is 11.0 Å². The number of hydrogen-bond donors (Lipinski definition) is 1. The van der Waals surface area contributed by atoms with Crippen molar-refractivity contribution in [3.63, 3.8) is 0 Å². The van der Waals surface area contributed by atoms with E-state index in [2.05, 4.69) is 6.07 Å². The molecule has 0 aliphatic carbocycles. The molecule has 1 saturated heterocycles. The van der Waals surface area contributed by atoms with Gasteiger partial charge in [0.2, 0.25) is 0 Å². The van der Waals surface area contributed by atoms with Crippen LogP contribution in [-0.2, 0) is 11.3 Å². The number of hydrogen-bond acceptors (Lipinski definition) is 4. The van der Waals surface area contributed by atoms with Gasteiger partial charge in [-0.25, -0.2) is 0 Å². The molecule has 0 spiro atoms. The molecule has 1 N–H and O–H groups in total. The summed E-state index contributed by atoms with van der Waals surface area (Å²) in [6, 6.07) is 7.43. The van der Waals surface area contributed by atoms with E-state index < -0.39 is 11.5 Å². The number of carbonyl (C=O) groups is 1. The van der Waals surface area contributed by atoms with E-state index in [1.54, 1.807) is 19.1 Å². The van der Waals surface area contributed by atoms with Crippen LogP contribution in [0.3, 0.4) is 0 Å². The summed E-state index contributed by atoms with van der Waals surface area (Å²) < 4.78 is 5.18. The maximum atomic E-state index is 11.4. The molecule has 1 atom stereocenters. The van der Waals surface area contributed by atoms with E-state index in [4.69, 9.17) is 10.00 Å². The highest BCUT2D eigenvalue weighted by Gasteiger charge is 2.43. The Morgan fingerprint density at radius 2 is 2.35 bits per heavy atom. The van der Waals surface area contributed by atoms with Crippen LogP contribution in [0.1, 0.15) is 30.9 Å². The molecule has 106 valence electrons. The van der Waals surface area contributed by atoms with E-state index in [0.29, 0.717) is 24.3 Å². The summed E-state index contributed by atoms with van der Waals surface area (Å²) in [5.74, 6) is -0.253. The summed E-state index contributed by atoms with van der Waals surface area (Å²) in [6.45, 7) is 3.08. The third kappa shape index (κ3) is 2.47. The third-order valence-corrected chi connectivity index (χ3v) is 4.01. The fraction of sp³-hybridized carbons (Fsp3) is 0.467. The van der Waals surface area contributed by atoms with Gasteiger partial charge in [-0.2, -0.15) is 5.26 Å². The molecule has 1 aliphatic heterocycles. The van der Waals surface area contributed by atoms with Crippen molar-refractivity contribution in [1.29, 1.82) is 5.26 Å². The summed E-state index contributed by atoms with van der Waals surface area (Å²) in [5, 5.41) is 18.4. The molecule has 0 aromatic heterocycles. The van der Waals surface area contributed by atoms with Crippen molar-refractivity contribution in [2.45, 2.75) is 31.8 Å². The highest BCUT2D eigenvalue weighted by Crippen LogP contribution is 2.31. The number of rotatable bonds is 4. The molecule has 5 nitrogen and oxygen atoms in total. The first-order valence-electron chi connectivity index (χ1n) is 6.56. The van der Waals surface area contributed by atoms with Crippen LogP contribution in [0.25, 0.3) is 0 Å². The van der Waals surface area contributed by atoms with Crippen molar-refractivity contribution >= 4 is 5.97 Å². The smallest absolute Gasteiger partial charge is 0.323 e. The quantitative estimate of drug-likeness (QED) is 0.909. The van der Waals surface area contributed by atoms with E-state index in [0.717, 1.165) is 18.5 Å². The van der Waals surface area contributed by atoms with Crippen LogP contribution in [0.2, 0.25) is 0 Å². The fourth-order valence-corrected chi connectivity index (χ4v) is 2.66. The van der Waals surface area contributed by atoms with Crippen LogP contribution in [0.15, 0.2) is 18.2 Å². The Morgan fingerprint density at radius 3 is 2.95 bits per heavy atom. The maximum Gasteiger partial charge on any atom is 0.323 e. The Morgan fingerprint density at radius 1 is 1.60 bits per heavy atom. The number of ether oxygens (including phenoxy) is 1. The van der Waals surface area contributed by atoms with Crippen LogP contribution in [0, 0.1) is 11.3 Å². The predicted molar refractivity (Wildman–Crippen MR) is 73.4 cm³/mol. The Hall–Kier alpha value is -2.06. The van der Waals surface area contributed by atoms with Gasteiger partial charge in [0.25, 0.3) is 0 Å². The number of benzene rings is 1. The van der Waals surface area contributed by atoms with Gasteiger partial charge in [-0.05, 0) is 44.0 Å². The van der Waals surface area contributed by atoms with E-state index in [-0.39, 0.29) is 0 Å². The topological polar surface area (TPSA) is 73.6 Å². The van der Waals surface area contributed by atoms with Crippen molar-refractivity contribution in [1.82, 2.24) is 4.90 Å². The minimum Gasteiger partial charge on any atom is -0.495 e. The van der Waals surface area contributed by atoms with Crippen LogP contribution in [0.4, 0.5) is 0 Å². The Bertz CT molecular complexity index is 565. The molecule has 5 heteroatoms. The summed E-state index contributed by atoms with van der Waals surface area (Å²) >= 11 is 0. The lowest BCUT2D eigenvalue weighted by molar-refractivity contribution is -0.148. The second-order valence-electron chi connectivity index (χ2n) is 5.25. The molecule has 20 heavy (non-hydrogen) atoms. The Kier molecular flexibility index (Phi) is 3.96. The SMILES string of the molecule is COc1cc(CN2CCCC2(C)C(=O)O)ccc1C#N. The van der Waals surface area contributed by atoms with Crippen molar-refractivity contribution in [3.05, 3.63) is 29.3 Å². The largest absolute Gasteiger partial charge is 0.495 e. The molecule has 1 aliphatic rings. The van der Waals surface area contributed by atoms with Crippen molar-refractivity contribution in [3.8, 4) is 11.8 Å². The molecule has 1 unspecified atom stereocenters. The maximum absolute atomic E-state index is 11.4. The number of likely N-dealkylation sites (tertiary alicyclic amines) is 1. The summed E-state index contributed by atoms with van der Waals surface area (Å²) in [6.07, 6.45) is 1.55. The Labute approximate surface area is 118 Å². The lowest BCUT2D eigenvalue weighted by atomic mass is 9.98. The zero-order valence-corrected chi connectivity index (χ0v) is 11.7. The number of methoxy groups -OCH3 is 1. The minimum absolute atomic E-state index is 0.485. The standard InChI is InChI=1S/C15H18N2O3/c1-15(14(18)19)6-3-7-17(15)10-11-4-5-12(9-16)13(8-11)20-2/h4-5,8H,3,6-7,10H2,1-2H3,(H,18,19). The fourth-order valence-electron chi connectivity index (χ4n) is 2.66. The predicted octanol–water partition coefficient (Wildman–Crippen LogP) is 2.01. The van der Waals surface area contributed by atoms with Crippen LogP contribution in [-0.4, -0.2) is 35.2 Å². The number of nitrogens with zero attached hydrogens (tertiary/aromatic N) is 2. The van der Waals surface area contributed by atoms with Gasteiger partial charge in [-0.15, -0.1) is 0 Å². The summed E-state index contributed by atoms with van der Waals surface area (Å²) in [5.41, 5.74) is 0.634. The van der Waals surface area contributed by atoms with Gasteiger partial charge in [0, 0.05) is 6.54 Å². The summed E-state index contributed by atoms with van der Waals surface area (Å²) in [4.78, 5) is 13.4. The molecule has 0 saturated carbocycles. The first kappa shape index (κ1) is 14.4. The molecule has 0 amide bonds. The van der Waals surface area contributed by atoms with Crippen LogP contribution < -0.4 is 4.74 Å². The highest BCUT2D eigenvalue weighted by atomic mass is 16.5. The monoisotopic (exact) mass is 274 g/mol. The lowest BCUT2D eigenvalue weighted by Crippen LogP contribution is -2.47. The number of carboxylic acid groups (broad SMARTS) is 1. The molecule has 1 fully saturated rings. The lowest BCUT2D eigenvalue weighted by Gasteiger charge is -2.31. The van der Waals surface area contributed by atoms with Gasteiger partial charge in [-0.3, -0.25) is 9.69 Å². The average Bonchev–Trinajstić information content (AvgIpc) is 2.81. The highest BCUT2D eigenvalue weighted by molar-refractivity contribution is 5.78. The molecule has 0 radical (unpaired) electrons. The first-order chi connectivity index (χ1) is 9.51. The first-order valence-corrected chi connectivity index (χ1v) is 6.56. The van der Waals surface area contributed by atoms with Crippen molar-refractivity contribution < 1.29 is 14.6 Å². The molecular weight excluding hydrogens is 256 g/mol. The second kappa shape index (κ2) is 5.51. The van der Waals surface area contributed by atoms with Gasteiger partial charge in [-0.1, -0.05) is 6.07 Å². The van der Waals surface area contributed by atoms with Gasteiger partial charge in [0.05, 0.1) is 12.7 Å². The van der Waals surface area contributed by atoms with Crippen LogP contribution >= 0.6 is 0 Å². The molecule has 1 aromatic rings. The van der Waals surface area contributed by atoms with Crippen molar-refractivity contribution in [2.75, 3.05) is 13.7 Å². The van der Waals surface area contributed by atoms with Gasteiger partial charge in [0.1, 0.15) is 17.4 Å². The number of aliphatic carboxylic acids is 1. The van der Waals surface area contributed by atoms with Gasteiger partial charge >= 0.3 is 5.97 Å². The third-order valence-electron chi connectivity index (χ3n) is 4.01. The van der Waals surface area contributed by atoms with E-state index in [1.165, 1.54) is 7.11 Å². The second-order valence-corrected chi connectivity index (χ2v) is 5.25. The zero-order valence-electron chi connectivity index (χ0n) is 11.7.